The maximum Gasteiger partial charge on any atom is 0.331 e. The number of carbonyl (C=O) groups excluding carboxylic acids is 1. The van der Waals surface area contributed by atoms with E-state index in [4.69, 9.17) is 18.7 Å². The molecule has 1 aliphatic rings. The van der Waals surface area contributed by atoms with Crippen LogP contribution in [0, 0.1) is 0 Å². The molecule has 0 fully saturated rings. The number of aromatic nitrogens is 2. The van der Waals surface area contributed by atoms with Crippen molar-refractivity contribution in [1.29, 1.82) is 0 Å². The van der Waals surface area contributed by atoms with Crippen LogP contribution in [0.15, 0.2) is 59.1 Å². The predicted octanol–water partition coefficient (Wildman–Crippen LogP) is 3.22. The van der Waals surface area contributed by atoms with Gasteiger partial charge in [-0.05, 0) is 23.8 Å². The molecule has 1 aliphatic heterocycles. The third-order valence-corrected chi connectivity index (χ3v) is 3.65. The summed E-state index contributed by atoms with van der Waals surface area (Å²) in [6.07, 6.45) is 2.96. The van der Waals surface area contributed by atoms with Crippen molar-refractivity contribution in [3.05, 3.63) is 66.1 Å². The van der Waals surface area contributed by atoms with Gasteiger partial charge in [0.25, 0.3) is 5.89 Å². The second-order valence-electron chi connectivity index (χ2n) is 5.43. The van der Waals surface area contributed by atoms with Gasteiger partial charge in [-0.1, -0.05) is 41.6 Å². The number of ether oxygens (including phenoxy) is 3. The van der Waals surface area contributed by atoms with E-state index in [9.17, 15) is 4.79 Å². The lowest BCUT2D eigenvalue weighted by atomic mass is 10.2. The molecule has 0 unspecified atom stereocenters. The van der Waals surface area contributed by atoms with Gasteiger partial charge in [0.15, 0.2) is 18.1 Å². The van der Waals surface area contributed by atoms with Crippen molar-refractivity contribution in [1.82, 2.24) is 10.1 Å². The minimum Gasteiger partial charge on any atom is -0.454 e. The van der Waals surface area contributed by atoms with Crippen LogP contribution in [0.4, 0.5) is 0 Å². The zero-order valence-electron chi connectivity index (χ0n) is 13.6. The molecule has 1 aromatic heterocycles. The lowest BCUT2D eigenvalue weighted by molar-refractivity contribution is -0.139. The highest BCUT2D eigenvalue weighted by atomic mass is 16.7. The maximum atomic E-state index is 11.8. The Kier molecular flexibility index (Phi) is 4.34. The number of fused-ring (bicyclic) bond motifs is 1. The van der Waals surface area contributed by atoms with Crippen molar-refractivity contribution in [2.75, 3.05) is 6.79 Å². The SMILES string of the molecule is O=C(/C=C/c1ccc2c(c1)OCO2)OCc1nc(-c2ccccc2)no1. The fourth-order valence-electron chi connectivity index (χ4n) is 2.38. The topological polar surface area (TPSA) is 83.7 Å². The Bertz CT molecular complexity index is 950. The van der Waals surface area contributed by atoms with Gasteiger partial charge in [0.1, 0.15) is 0 Å². The first-order valence-corrected chi connectivity index (χ1v) is 7.90. The van der Waals surface area contributed by atoms with E-state index in [1.165, 1.54) is 6.08 Å². The summed E-state index contributed by atoms with van der Waals surface area (Å²) >= 11 is 0. The summed E-state index contributed by atoms with van der Waals surface area (Å²) in [5, 5.41) is 3.87. The van der Waals surface area contributed by atoms with E-state index < -0.39 is 5.97 Å². The molecule has 0 saturated heterocycles. The fraction of sp³-hybridized carbons (Fsp3) is 0.105. The van der Waals surface area contributed by atoms with Gasteiger partial charge in [-0.2, -0.15) is 4.98 Å². The maximum absolute atomic E-state index is 11.8. The average Bonchev–Trinajstić information content (AvgIpc) is 3.34. The number of esters is 1. The monoisotopic (exact) mass is 350 g/mol. The van der Waals surface area contributed by atoms with E-state index >= 15 is 0 Å². The molecule has 0 aliphatic carbocycles. The van der Waals surface area contributed by atoms with Crippen LogP contribution < -0.4 is 9.47 Å². The van der Waals surface area contributed by atoms with Crippen molar-refractivity contribution >= 4 is 12.0 Å². The Morgan fingerprint density at radius 2 is 1.96 bits per heavy atom. The second kappa shape index (κ2) is 7.10. The Hall–Kier alpha value is -3.61. The van der Waals surface area contributed by atoms with Crippen molar-refractivity contribution in [3.63, 3.8) is 0 Å². The molecule has 2 aromatic carbocycles. The number of benzene rings is 2. The number of hydrogen-bond donors (Lipinski definition) is 0. The lowest BCUT2D eigenvalue weighted by Gasteiger charge is -1.98. The van der Waals surface area contributed by atoms with Crippen LogP contribution in [-0.4, -0.2) is 22.9 Å². The highest BCUT2D eigenvalue weighted by molar-refractivity contribution is 5.87. The first-order chi connectivity index (χ1) is 12.8. The van der Waals surface area contributed by atoms with Crippen LogP contribution in [-0.2, 0) is 16.1 Å². The van der Waals surface area contributed by atoms with Crippen molar-refractivity contribution in [2.45, 2.75) is 6.61 Å². The zero-order valence-corrected chi connectivity index (χ0v) is 13.6. The molecule has 2 heterocycles. The van der Waals surface area contributed by atoms with Crippen LogP contribution in [0.25, 0.3) is 17.5 Å². The fourth-order valence-corrected chi connectivity index (χ4v) is 2.38. The molecule has 0 bridgehead atoms. The number of nitrogens with zero attached hydrogens (tertiary/aromatic N) is 2. The first kappa shape index (κ1) is 15.9. The Morgan fingerprint density at radius 1 is 1.12 bits per heavy atom. The molecule has 0 N–H and O–H groups in total. The molecule has 0 spiro atoms. The van der Waals surface area contributed by atoms with Crippen molar-refractivity contribution in [3.8, 4) is 22.9 Å². The van der Waals surface area contributed by atoms with Gasteiger partial charge in [0, 0.05) is 11.6 Å². The molecular formula is C19H14N2O5. The predicted molar refractivity (Wildman–Crippen MR) is 91.1 cm³/mol. The minimum atomic E-state index is -0.512. The summed E-state index contributed by atoms with van der Waals surface area (Å²) in [6.45, 7) is 0.115. The number of hydrogen-bond acceptors (Lipinski definition) is 7. The van der Waals surface area contributed by atoms with Gasteiger partial charge in [0.2, 0.25) is 12.6 Å². The summed E-state index contributed by atoms with van der Waals surface area (Å²) in [5.41, 5.74) is 1.63. The highest BCUT2D eigenvalue weighted by Crippen LogP contribution is 2.32. The molecule has 4 rings (SSSR count). The zero-order chi connectivity index (χ0) is 17.8. The van der Waals surface area contributed by atoms with E-state index in [1.807, 2.05) is 36.4 Å². The Morgan fingerprint density at radius 3 is 2.85 bits per heavy atom. The Balaban J connectivity index is 1.33. The van der Waals surface area contributed by atoms with Crippen LogP contribution >= 0.6 is 0 Å². The highest BCUT2D eigenvalue weighted by Gasteiger charge is 2.13. The molecule has 0 amide bonds. The van der Waals surface area contributed by atoms with Crippen LogP contribution in [0.5, 0.6) is 11.5 Å². The summed E-state index contributed by atoms with van der Waals surface area (Å²) < 4.78 is 20.7. The van der Waals surface area contributed by atoms with Crippen LogP contribution in [0.1, 0.15) is 11.5 Å². The summed E-state index contributed by atoms with van der Waals surface area (Å²) in [6, 6.07) is 14.8. The normalized spacial score (nSPS) is 12.5. The molecule has 130 valence electrons. The number of rotatable bonds is 5. The molecule has 0 saturated carbocycles. The van der Waals surface area contributed by atoms with Crippen molar-refractivity contribution in [2.24, 2.45) is 0 Å². The molecule has 7 nitrogen and oxygen atoms in total. The third-order valence-electron chi connectivity index (χ3n) is 3.65. The van der Waals surface area contributed by atoms with E-state index in [0.717, 1.165) is 11.1 Å². The molecule has 0 atom stereocenters. The lowest BCUT2D eigenvalue weighted by Crippen LogP contribution is -2.00. The smallest absolute Gasteiger partial charge is 0.331 e. The van der Waals surface area contributed by atoms with Crippen LogP contribution in [0.3, 0.4) is 0 Å². The van der Waals surface area contributed by atoms with Crippen molar-refractivity contribution < 1.29 is 23.5 Å². The van der Waals surface area contributed by atoms with E-state index in [1.54, 1.807) is 18.2 Å². The largest absolute Gasteiger partial charge is 0.454 e. The molecule has 7 heteroatoms. The molecule has 26 heavy (non-hydrogen) atoms. The van der Waals surface area contributed by atoms with Gasteiger partial charge in [0.05, 0.1) is 0 Å². The minimum absolute atomic E-state index is 0.0931. The van der Waals surface area contributed by atoms with Gasteiger partial charge < -0.3 is 18.7 Å². The Labute approximate surface area is 148 Å². The quantitative estimate of drug-likeness (QED) is 0.516. The van der Waals surface area contributed by atoms with E-state index in [0.29, 0.717) is 17.3 Å². The summed E-state index contributed by atoms with van der Waals surface area (Å²) in [4.78, 5) is 16.0. The third kappa shape index (κ3) is 3.56. The molecule has 0 radical (unpaired) electrons. The second-order valence-corrected chi connectivity index (χ2v) is 5.43. The standard InChI is InChI=1S/C19H14N2O5/c22-18(9-7-13-6-8-15-16(10-13)25-12-24-15)23-11-17-20-19(21-26-17)14-4-2-1-3-5-14/h1-10H,11-12H2/b9-7+. The van der Waals surface area contributed by atoms with Gasteiger partial charge in [-0.3, -0.25) is 0 Å². The van der Waals surface area contributed by atoms with E-state index in [-0.39, 0.29) is 19.3 Å². The van der Waals surface area contributed by atoms with Gasteiger partial charge in [-0.15, -0.1) is 0 Å². The van der Waals surface area contributed by atoms with Crippen LogP contribution in [0.2, 0.25) is 0 Å². The van der Waals surface area contributed by atoms with E-state index in [2.05, 4.69) is 10.1 Å². The van der Waals surface area contributed by atoms with Gasteiger partial charge in [-0.25, -0.2) is 4.79 Å². The molecule has 3 aromatic rings. The number of carbonyl (C=O) groups is 1. The van der Waals surface area contributed by atoms with Gasteiger partial charge >= 0.3 is 5.97 Å². The average molecular weight is 350 g/mol. The first-order valence-electron chi connectivity index (χ1n) is 7.90. The summed E-state index contributed by atoms with van der Waals surface area (Å²) in [5.74, 6) is 1.51. The summed E-state index contributed by atoms with van der Waals surface area (Å²) in [7, 11) is 0. The molecular weight excluding hydrogens is 336 g/mol.